The lowest BCUT2D eigenvalue weighted by molar-refractivity contribution is -0.129. The van der Waals surface area contributed by atoms with E-state index in [0.29, 0.717) is 0 Å². The average Bonchev–Trinajstić information content (AvgIpc) is 2.57. The Hall–Kier alpha value is -1.39. The van der Waals surface area contributed by atoms with Gasteiger partial charge in [0, 0.05) is 18.4 Å². The number of hydrogen-bond acceptors (Lipinski definition) is 3. The smallest absolute Gasteiger partial charge is 0.225 e. The summed E-state index contributed by atoms with van der Waals surface area (Å²) in [6.07, 6.45) is 4.58. The van der Waals surface area contributed by atoms with Crippen LogP contribution in [0.5, 0.6) is 0 Å². The summed E-state index contributed by atoms with van der Waals surface area (Å²) in [6, 6.07) is -0.0916. The molecular formula is C14H24N4O. The van der Waals surface area contributed by atoms with Gasteiger partial charge in [-0.2, -0.15) is 0 Å². The Balaban J connectivity index is 2.14. The average molecular weight is 264 g/mol. The SMILES string of the molecule is CC(NC(=O)C(C)(C)C)c1nnc2n1CCCCC2. The molecule has 0 fully saturated rings. The van der Waals surface area contributed by atoms with Crippen molar-refractivity contribution in [1.82, 2.24) is 20.1 Å². The van der Waals surface area contributed by atoms with Crippen molar-refractivity contribution in [3.05, 3.63) is 11.6 Å². The zero-order valence-corrected chi connectivity index (χ0v) is 12.4. The summed E-state index contributed by atoms with van der Waals surface area (Å²) < 4.78 is 2.18. The van der Waals surface area contributed by atoms with Crippen LogP contribution in [0.3, 0.4) is 0 Å². The van der Waals surface area contributed by atoms with Crippen molar-refractivity contribution in [2.24, 2.45) is 5.41 Å². The molecule has 0 spiro atoms. The molecule has 1 aromatic rings. The third-order valence-corrected chi connectivity index (χ3v) is 3.55. The molecule has 5 nitrogen and oxygen atoms in total. The second-order valence-electron chi connectivity index (χ2n) is 6.38. The zero-order chi connectivity index (χ0) is 14.0. The quantitative estimate of drug-likeness (QED) is 0.891. The molecule has 19 heavy (non-hydrogen) atoms. The standard InChI is InChI=1S/C14H24N4O/c1-10(15-13(19)14(2,3)4)12-17-16-11-8-6-5-7-9-18(11)12/h10H,5-9H2,1-4H3,(H,15,19). The van der Waals surface area contributed by atoms with Gasteiger partial charge in [0.15, 0.2) is 5.82 Å². The monoisotopic (exact) mass is 264 g/mol. The van der Waals surface area contributed by atoms with Crippen molar-refractivity contribution in [3.8, 4) is 0 Å². The van der Waals surface area contributed by atoms with Crippen LogP contribution in [0.1, 0.15) is 64.6 Å². The van der Waals surface area contributed by atoms with Crippen molar-refractivity contribution in [1.29, 1.82) is 0 Å². The molecule has 0 bridgehead atoms. The number of aromatic nitrogens is 3. The molecule has 1 amide bonds. The first-order chi connectivity index (χ1) is 8.89. The van der Waals surface area contributed by atoms with Gasteiger partial charge in [-0.15, -0.1) is 10.2 Å². The van der Waals surface area contributed by atoms with Crippen molar-refractivity contribution in [3.63, 3.8) is 0 Å². The fourth-order valence-electron chi connectivity index (χ4n) is 2.31. The van der Waals surface area contributed by atoms with Crippen LogP contribution in [0.2, 0.25) is 0 Å². The summed E-state index contributed by atoms with van der Waals surface area (Å²) in [7, 11) is 0. The molecule has 106 valence electrons. The first kappa shape index (κ1) is 14.0. The van der Waals surface area contributed by atoms with E-state index >= 15 is 0 Å². The molecule has 0 aromatic carbocycles. The summed E-state index contributed by atoms with van der Waals surface area (Å²) in [6.45, 7) is 8.69. The Morgan fingerprint density at radius 1 is 1.26 bits per heavy atom. The number of amides is 1. The summed E-state index contributed by atoms with van der Waals surface area (Å²) in [5.41, 5.74) is -0.379. The topological polar surface area (TPSA) is 59.8 Å². The van der Waals surface area contributed by atoms with E-state index in [4.69, 9.17) is 0 Å². The number of carbonyl (C=O) groups excluding carboxylic acids is 1. The highest BCUT2D eigenvalue weighted by molar-refractivity contribution is 5.81. The number of nitrogens with one attached hydrogen (secondary N) is 1. The number of rotatable bonds is 2. The summed E-state index contributed by atoms with van der Waals surface area (Å²) >= 11 is 0. The Kier molecular flexibility index (Phi) is 3.92. The van der Waals surface area contributed by atoms with Gasteiger partial charge < -0.3 is 9.88 Å². The number of fused-ring (bicyclic) bond motifs is 1. The molecule has 0 aliphatic carbocycles. The number of nitrogens with zero attached hydrogens (tertiary/aromatic N) is 3. The fourth-order valence-corrected chi connectivity index (χ4v) is 2.31. The summed E-state index contributed by atoms with van der Waals surface area (Å²) in [4.78, 5) is 12.0. The molecule has 1 aromatic heterocycles. The first-order valence-corrected chi connectivity index (χ1v) is 7.12. The van der Waals surface area contributed by atoms with Crippen molar-refractivity contribution in [2.75, 3.05) is 0 Å². The Labute approximate surface area is 114 Å². The van der Waals surface area contributed by atoms with Gasteiger partial charge in [0.25, 0.3) is 0 Å². The Bertz CT molecular complexity index is 459. The summed E-state index contributed by atoms with van der Waals surface area (Å²) in [5, 5.41) is 11.6. The number of carbonyl (C=O) groups is 1. The van der Waals surface area contributed by atoms with Crippen LogP contribution in [0, 0.1) is 5.41 Å². The van der Waals surface area contributed by atoms with E-state index in [1.807, 2.05) is 27.7 Å². The second kappa shape index (κ2) is 5.31. The van der Waals surface area contributed by atoms with Gasteiger partial charge in [-0.1, -0.05) is 27.2 Å². The highest BCUT2D eigenvalue weighted by atomic mass is 16.2. The number of aryl methyl sites for hydroxylation is 1. The van der Waals surface area contributed by atoms with Gasteiger partial charge in [-0.3, -0.25) is 4.79 Å². The minimum Gasteiger partial charge on any atom is -0.346 e. The third kappa shape index (κ3) is 3.14. The Morgan fingerprint density at radius 2 is 2.00 bits per heavy atom. The highest BCUT2D eigenvalue weighted by Gasteiger charge is 2.26. The predicted octanol–water partition coefficient (Wildman–Crippen LogP) is 2.23. The molecule has 2 rings (SSSR count). The molecular weight excluding hydrogens is 240 g/mol. The normalized spacial score (nSPS) is 17.5. The molecule has 1 N–H and O–H groups in total. The molecule has 1 aliphatic rings. The second-order valence-corrected chi connectivity index (χ2v) is 6.38. The van der Waals surface area contributed by atoms with Gasteiger partial charge >= 0.3 is 0 Å². The van der Waals surface area contributed by atoms with Crippen LogP contribution >= 0.6 is 0 Å². The highest BCUT2D eigenvalue weighted by Crippen LogP contribution is 2.20. The van der Waals surface area contributed by atoms with E-state index < -0.39 is 0 Å². The van der Waals surface area contributed by atoms with E-state index in [1.54, 1.807) is 0 Å². The molecule has 2 heterocycles. The van der Waals surface area contributed by atoms with Gasteiger partial charge in [0.2, 0.25) is 5.91 Å². The van der Waals surface area contributed by atoms with E-state index in [9.17, 15) is 4.79 Å². The minimum absolute atomic E-state index is 0.0472. The fraction of sp³-hybridized carbons (Fsp3) is 0.786. The molecule has 5 heteroatoms. The Morgan fingerprint density at radius 3 is 2.68 bits per heavy atom. The number of hydrogen-bond donors (Lipinski definition) is 1. The van der Waals surface area contributed by atoms with E-state index in [-0.39, 0.29) is 17.4 Å². The van der Waals surface area contributed by atoms with Crippen LogP contribution in [0.15, 0.2) is 0 Å². The zero-order valence-electron chi connectivity index (χ0n) is 12.4. The maximum Gasteiger partial charge on any atom is 0.225 e. The lowest BCUT2D eigenvalue weighted by atomic mass is 9.95. The van der Waals surface area contributed by atoms with E-state index in [1.165, 1.54) is 12.8 Å². The maximum absolute atomic E-state index is 12.0. The summed E-state index contributed by atoms with van der Waals surface area (Å²) in [5.74, 6) is 1.99. The lowest BCUT2D eigenvalue weighted by Crippen LogP contribution is -2.37. The van der Waals surface area contributed by atoms with Gasteiger partial charge in [0.05, 0.1) is 6.04 Å². The minimum atomic E-state index is -0.379. The van der Waals surface area contributed by atoms with Gasteiger partial charge in [-0.05, 0) is 19.8 Å². The largest absolute Gasteiger partial charge is 0.346 e. The lowest BCUT2D eigenvalue weighted by Gasteiger charge is -2.22. The molecule has 0 saturated carbocycles. The first-order valence-electron chi connectivity index (χ1n) is 7.12. The van der Waals surface area contributed by atoms with Gasteiger partial charge in [0.1, 0.15) is 5.82 Å². The van der Waals surface area contributed by atoms with Crippen molar-refractivity contribution in [2.45, 2.75) is 66.0 Å². The van der Waals surface area contributed by atoms with Crippen LogP contribution in [0.25, 0.3) is 0 Å². The molecule has 1 atom stereocenters. The molecule has 0 saturated heterocycles. The molecule has 0 radical (unpaired) electrons. The van der Waals surface area contributed by atoms with Crippen molar-refractivity contribution >= 4 is 5.91 Å². The van der Waals surface area contributed by atoms with E-state index in [0.717, 1.165) is 31.0 Å². The van der Waals surface area contributed by atoms with Crippen LogP contribution in [-0.4, -0.2) is 20.7 Å². The molecule has 1 aliphatic heterocycles. The van der Waals surface area contributed by atoms with Crippen LogP contribution in [0.4, 0.5) is 0 Å². The van der Waals surface area contributed by atoms with Crippen LogP contribution < -0.4 is 5.32 Å². The van der Waals surface area contributed by atoms with Crippen LogP contribution in [-0.2, 0) is 17.8 Å². The molecule has 1 unspecified atom stereocenters. The van der Waals surface area contributed by atoms with Crippen molar-refractivity contribution < 1.29 is 4.79 Å². The maximum atomic E-state index is 12.0. The van der Waals surface area contributed by atoms with Gasteiger partial charge in [-0.25, -0.2) is 0 Å². The predicted molar refractivity (Wildman–Crippen MR) is 73.6 cm³/mol. The third-order valence-electron chi connectivity index (χ3n) is 3.55. The van der Waals surface area contributed by atoms with E-state index in [2.05, 4.69) is 20.1 Å².